The minimum absolute atomic E-state index is 0.0484. The number of hydrogen-bond acceptors (Lipinski definition) is 3. The molecular formula is C31H31F3N2O3. The monoisotopic (exact) mass is 536 g/mol. The van der Waals surface area contributed by atoms with Crippen LogP contribution in [0.3, 0.4) is 0 Å². The number of ether oxygens (including phenoxy) is 1. The summed E-state index contributed by atoms with van der Waals surface area (Å²) in [6.45, 7) is 0.638. The molecule has 39 heavy (non-hydrogen) atoms. The zero-order valence-corrected chi connectivity index (χ0v) is 21.7. The number of likely N-dealkylation sites (tertiary alicyclic amines) is 1. The first-order chi connectivity index (χ1) is 18.7. The third-order valence-electron chi connectivity index (χ3n) is 8.41. The Balaban J connectivity index is 1.46. The Morgan fingerprint density at radius 3 is 2.13 bits per heavy atom. The van der Waals surface area contributed by atoms with Gasteiger partial charge in [0.05, 0.1) is 0 Å². The van der Waals surface area contributed by atoms with Gasteiger partial charge in [0.25, 0.3) is 11.5 Å². The van der Waals surface area contributed by atoms with E-state index in [9.17, 15) is 22.8 Å². The molecule has 1 N–H and O–H groups in total. The molecule has 204 valence electrons. The van der Waals surface area contributed by atoms with Crippen molar-refractivity contribution in [2.75, 3.05) is 26.7 Å². The Labute approximate surface area is 226 Å². The molecule has 2 saturated heterocycles. The number of piperidine rings is 2. The van der Waals surface area contributed by atoms with Crippen LogP contribution in [-0.4, -0.2) is 49.6 Å². The number of hydrogen-bond donors (Lipinski definition) is 1. The summed E-state index contributed by atoms with van der Waals surface area (Å²) in [5.41, 5.74) is -0.610. The number of amides is 2. The predicted molar refractivity (Wildman–Crippen MR) is 142 cm³/mol. The van der Waals surface area contributed by atoms with Crippen LogP contribution in [0.4, 0.5) is 13.2 Å². The van der Waals surface area contributed by atoms with Gasteiger partial charge >= 0.3 is 6.18 Å². The summed E-state index contributed by atoms with van der Waals surface area (Å²) in [6.07, 6.45) is -3.88. The number of nitrogens with zero attached hydrogens (tertiary/aromatic N) is 1. The van der Waals surface area contributed by atoms with E-state index in [4.69, 9.17) is 4.74 Å². The summed E-state index contributed by atoms with van der Waals surface area (Å²) < 4.78 is 48.6. The Bertz CT molecular complexity index is 1320. The summed E-state index contributed by atoms with van der Waals surface area (Å²) in [5, 5.41) is 3.00. The first kappa shape index (κ1) is 26.9. The van der Waals surface area contributed by atoms with E-state index in [-0.39, 0.29) is 36.9 Å². The molecule has 1 unspecified atom stereocenters. The fourth-order valence-electron chi connectivity index (χ4n) is 6.36. The van der Waals surface area contributed by atoms with Gasteiger partial charge in [0.1, 0.15) is 0 Å². The average Bonchev–Trinajstić information content (AvgIpc) is 2.94. The first-order valence-electron chi connectivity index (χ1n) is 13.1. The van der Waals surface area contributed by atoms with Crippen molar-refractivity contribution in [1.29, 1.82) is 0 Å². The van der Waals surface area contributed by atoms with Crippen molar-refractivity contribution in [3.8, 4) is 11.1 Å². The maximum Gasteiger partial charge on any atom is 0.430 e. The molecule has 2 aliphatic rings. The predicted octanol–water partition coefficient (Wildman–Crippen LogP) is 5.67. The summed E-state index contributed by atoms with van der Waals surface area (Å²) >= 11 is 0. The summed E-state index contributed by atoms with van der Waals surface area (Å²) in [7, 11) is 0.922. The molecule has 2 heterocycles. The normalized spacial score (nSPS) is 20.8. The van der Waals surface area contributed by atoms with E-state index in [0.717, 1.165) is 23.8 Å². The Kier molecular flexibility index (Phi) is 7.25. The van der Waals surface area contributed by atoms with Crippen LogP contribution in [0.2, 0.25) is 0 Å². The van der Waals surface area contributed by atoms with Crippen LogP contribution in [0.25, 0.3) is 11.1 Å². The van der Waals surface area contributed by atoms with Gasteiger partial charge in [-0.15, -0.1) is 0 Å². The van der Waals surface area contributed by atoms with Gasteiger partial charge in [-0.1, -0.05) is 84.9 Å². The highest BCUT2D eigenvalue weighted by Crippen LogP contribution is 2.52. The lowest BCUT2D eigenvalue weighted by Crippen LogP contribution is -2.60. The number of rotatable bonds is 5. The van der Waals surface area contributed by atoms with E-state index >= 15 is 0 Å². The fraction of sp³-hybridized carbons (Fsp3) is 0.355. The molecule has 0 bridgehead atoms. The van der Waals surface area contributed by atoms with Crippen molar-refractivity contribution >= 4 is 11.8 Å². The highest BCUT2D eigenvalue weighted by atomic mass is 19.4. The lowest BCUT2D eigenvalue weighted by molar-refractivity contribution is -0.271. The van der Waals surface area contributed by atoms with Crippen molar-refractivity contribution in [3.63, 3.8) is 0 Å². The average molecular weight is 537 g/mol. The minimum Gasteiger partial charge on any atom is -0.356 e. The molecule has 2 aliphatic heterocycles. The third-order valence-corrected chi connectivity index (χ3v) is 8.41. The van der Waals surface area contributed by atoms with Gasteiger partial charge in [0.2, 0.25) is 5.91 Å². The molecule has 8 heteroatoms. The smallest absolute Gasteiger partial charge is 0.356 e. The van der Waals surface area contributed by atoms with Crippen LogP contribution in [0.1, 0.15) is 36.3 Å². The van der Waals surface area contributed by atoms with E-state index in [1.807, 2.05) is 42.5 Å². The number of carbonyl (C=O) groups excluding carboxylic acids is 2. The molecule has 2 fully saturated rings. The van der Waals surface area contributed by atoms with E-state index < -0.39 is 23.1 Å². The molecule has 3 aromatic rings. The molecule has 3 aromatic carbocycles. The molecule has 5 rings (SSSR count). The molecule has 1 spiro atoms. The van der Waals surface area contributed by atoms with E-state index in [0.29, 0.717) is 19.4 Å². The maximum atomic E-state index is 14.5. The molecule has 0 radical (unpaired) electrons. The standard InChI is InChI=1S/C31H31F3N2O3/c1-39-30(31(32,33)34,23-12-6-3-7-13-23)28(38)36-18-16-29(17-19-36)20-27(37)35-21-26(29)25-15-9-8-14-24(25)22-10-4-2-5-11-22/h2-15,26H,16-21H2,1H3,(H,35,37)/t26?,30-/m1/s1. The zero-order chi connectivity index (χ0) is 27.7. The highest BCUT2D eigenvalue weighted by molar-refractivity contribution is 5.88. The van der Waals surface area contributed by atoms with Crippen molar-refractivity contribution in [2.45, 2.75) is 37.0 Å². The van der Waals surface area contributed by atoms with Gasteiger partial charge in [-0.25, -0.2) is 0 Å². The number of alkyl halides is 3. The summed E-state index contributed by atoms with van der Waals surface area (Å²) in [5.74, 6) is -1.25. The Hall–Kier alpha value is -3.65. The van der Waals surface area contributed by atoms with Crippen molar-refractivity contribution in [1.82, 2.24) is 10.2 Å². The number of carbonyl (C=O) groups is 2. The van der Waals surface area contributed by atoms with E-state index in [1.165, 1.54) is 29.2 Å². The number of nitrogens with one attached hydrogen (secondary N) is 1. The highest BCUT2D eigenvalue weighted by Gasteiger charge is 2.64. The van der Waals surface area contributed by atoms with Crippen LogP contribution in [0.5, 0.6) is 0 Å². The SMILES string of the molecule is CO[C@@](C(=O)N1CCC2(CC1)CC(=O)NCC2c1ccccc1-c1ccccc1)(c1ccccc1)C(F)(F)F. The first-order valence-corrected chi connectivity index (χ1v) is 13.1. The minimum atomic E-state index is -4.96. The third kappa shape index (κ3) is 4.71. The number of benzene rings is 3. The molecule has 0 aliphatic carbocycles. The molecular weight excluding hydrogens is 505 g/mol. The topological polar surface area (TPSA) is 58.6 Å². The van der Waals surface area contributed by atoms with Gasteiger partial charge in [-0.05, 0) is 34.9 Å². The molecule has 2 atom stereocenters. The Morgan fingerprint density at radius 2 is 1.51 bits per heavy atom. The second-order valence-corrected chi connectivity index (χ2v) is 10.4. The molecule has 5 nitrogen and oxygen atoms in total. The quantitative estimate of drug-likeness (QED) is 0.457. The van der Waals surface area contributed by atoms with Crippen LogP contribution >= 0.6 is 0 Å². The number of methoxy groups -OCH3 is 1. The zero-order valence-electron chi connectivity index (χ0n) is 21.7. The van der Waals surface area contributed by atoms with Crippen LogP contribution in [0, 0.1) is 5.41 Å². The molecule has 0 aromatic heterocycles. The van der Waals surface area contributed by atoms with Crippen molar-refractivity contribution in [2.24, 2.45) is 5.41 Å². The van der Waals surface area contributed by atoms with Gasteiger partial charge in [-0.2, -0.15) is 13.2 Å². The van der Waals surface area contributed by atoms with Crippen molar-refractivity contribution in [3.05, 3.63) is 96.1 Å². The summed E-state index contributed by atoms with van der Waals surface area (Å²) in [4.78, 5) is 27.5. The second kappa shape index (κ2) is 10.5. The van der Waals surface area contributed by atoms with Crippen LogP contribution < -0.4 is 5.32 Å². The fourth-order valence-corrected chi connectivity index (χ4v) is 6.36. The maximum absolute atomic E-state index is 14.5. The molecule has 2 amide bonds. The van der Waals surface area contributed by atoms with E-state index in [2.05, 4.69) is 17.4 Å². The second-order valence-electron chi connectivity index (χ2n) is 10.4. The van der Waals surface area contributed by atoms with Gasteiger partial charge in [0, 0.05) is 44.6 Å². The number of halogens is 3. The van der Waals surface area contributed by atoms with Crippen LogP contribution in [0.15, 0.2) is 84.9 Å². The lowest BCUT2D eigenvalue weighted by Gasteiger charge is -2.50. The largest absolute Gasteiger partial charge is 0.430 e. The van der Waals surface area contributed by atoms with E-state index in [1.54, 1.807) is 6.07 Å². The van der Waals surface area contributed by atoms with Gasteiger partial charge < -0.3 is 15.0 Å². The summed E-state index contributed by atoms with van der Waals surface area (Å²) in [6, 6.07) is 25.1. The lowest BCUT2D eigenvalue weighted by atomic mass is 9.61. The van der Waals surface area contributed by atoms with Gasteiger partial charge in [0.15, 0.2) is 0 Å². The van der Waals surface area contributed by atoms with Gasteiger partial charge in [-0.3, -0.25) is 9.59 Å². The van der Waals surface area contributed by atoms with Crippen molar-refractivity contribution < 1.29 is 27.5 Å². The van der Waals surface area contributed by atoms with Crippen LogP contribution in [-0.2, 0) is 19.9 Å². The Morgan fingerprint density at radius 1 is 0.923 bits per heavy atom. The molecule has 0 saturated carbocycles.